The van der Waals surface area contributed by atoms with E-state index in [9.17, 15) is 9.59 Å². The fourth-order valence-electron chi connectivity index (χ4n) is 2.48. The first-order chi connectivity index (χ1) is 10.1. The second kappa shape index (κ2) is 7.62. The van der Waals surface area contributed by atoms with Crippen LogP contribution in [-0.2, 0) is 22.6 Å². The molecule has 0 aromatic heterocycles. The van der Waals surface area contributed by atoms with Gasteiger partial charge in [-0.05, 0) is 36.8 Å². The van der Waals surface area contributed by atoms with Crippen LogP contribution >= 0.6 is 0 Å². The van der Waals surface area contributed by atoms with Crippen LogP contribution in [0.5, 0.6) is 0 Å². The maximum atomic E-state index is 11.9. The van der Waals surface area contributed by atoms with Crippen molar-refractivity contribution in [2.45, 2.75) is 45.1 Å². The number of benzene rings is 1. The molecular weight excluding hydrogens is 266 g/mol. The first-order valence-electron chi connectivity index (χ1n) is 7.38. The molecule has 1 amide bonds. The number of aliphatic carboxylic acids is 1. The van der Waals surface area contributed by atoms with Gasteiger partial charge in [0.15, 0.2) is 0 Å². The molecule has 4 heteroatoms. The van der Waals surface area contributed by atoms with Crippen LogP contribution in [0, 0.1) is 0 Å². The molecule has 0 aliphatic heterocycles. The Bertz CT molecular complexity index is 531. The second-order valence-corrected chi connectivity index (χ2v) is 5.45. The fraction of sp³-hybridized carbons (Fsp3) is 0.412. The van der Waals surface area contributed by atoms with Crippen molar-refractivity contribution in [2.75, 3.05) is 0 Å². The minimum absolute atomic E-state index is 0.0286. The SMILES string of the molecule is O=C(O)Cc1ccc(CNC(=O)CC2=CCCCC2)cc1. The zero-order valence-corrected chi connectivity index (χ0v) is 12.1. The Morgan fingerprint density at radius 1 is 1.05 bits per heavy atom. The number of carbonyl (C=O) groups is 2. The molecule has 21 heavy (non-hydrogen) atoms. The van der Waals surface area contributed by atoms with Gasteiger partial charge < -0.3 is 10.4 Å². The van der Waals surface area contributed by atoms with Crippen LogP contribution in [-0.4, -0.2) is 17.0 Å². The summed E-state index contributed by atoms with van der Waals surface area (Å²) in [5.74, 6) is -0.783. The van der Waals surface area contributed by atoms with Gasteiger partial charge in [-0.3, -0.25) is 9.59 Å². The molecule has 2 N–H and O–H groups in total. The van der Waals surface area contributed by atoms with Crippen LogP contribution in [0.25, 0.3) is 0 Å². The molecule has 1 aromatic rings. The molecule has 0 radical (unpaired) electrons. The lowest BCUT2D eigenvalue weighted by Crippen LogP contribution is -2.23. The fourth-order valence-corrected chi connectivity index (χ4v) is 2.48. The van der Waals surface area contributed by atoms with Crippen LogP contribution in [0.4, 0.5) is 0 Å². The molecule has 0 atom stereocenters. The van der Waals surface area contributed by atoms with Crippen LogP contribution in [0.2, 0.25) is 0 Å². The van der Waals surface area contributed by atoms with Crippen molar-refractivity contribution >= 4 is 11.9 Å². The highest BCUT2D eigenvalue weighted by atomic mass is 16.4. The summed E-state index contributed by atoms with van der Waals surface area (Å²) in [6.07, 6.45) is 7.25. The molecular formula is C17H21NO3. The maximum absolute atomic E-state index is 11.9. The van der Waals surface area contributed by atoms with Gasteiger partial charge in [0.05, 0.1) is 6.42 Å². The van der Waals surface area contributed by atoms with Crippen molar-refractivity contribution in [3.63, 3.8) is 0 Å². The summed E-state index contributed by atoms with van der Waals surface area (Å²) in [6.45, 7) is 0.486. The summed E-state index contributed by atoms with van der Waals surface area (Å²) in [7, 11) is 0. The molecule has 4 nitrogen and oxygen atoms in total. The molecule has 1 aliphatic rings. The van der Waals surface area contributed by atoms with E-state index < -0.39 is 5.97 Å². The van der Waals surface area contributed by atoms with Gasteiger partial charge in [-0.25, -0.2) is 0 Å². The Labute approximate surface area is 124 Å². The first kappa shape index (κ1) is 15.3. The Hall–Kier alpha value is -2.10. The van der Waals surface area contributed by atoms with E-state index in [1.165, 1.54) is 18.4 Å². The Morgan fingerprint density at radius 2 is 1.76 bits per heavy atom. The smallest absolute Gasteiger partial charge is 0.307 e. The molecule has 0 fully saturated rings. The van der Waals surface area contributed by atoms with E-state index in [2.05, 4.69) is 11.4 Å². The minimum atomic E-state index is -0.836. The standard InChI is InChI=1S/C17H21NO3/c19-16(10-13-4-2-1-3-5-13)18-12-15-8-6-14(7-9-15)11-17(20)21/h4,6-9H,1-3,5,10-12H2,(H,18,19)(H,20,21). The van der Waals surface area contributed by atoms with Gasteiger partial charge in [-0.2, -0.15) is 0 Å². The van der Waals surface area contributed by atoms with Gasteiger partial charge in [0.1, 0.15) is 0 Å². The number of rotatable bonds is 6. The van der Waals surface area contributed by atoms with Gasteiger partial charge in [0.2, 0.25) is 5.91 Å². The number of amides is 1. The van der Waals surface area contributed by atoms with Crippen molar-refractivity contribution in [1.29, 1.82) is 0 Å². The quantitative estimate of drug-likeness (QED) is 0.791. The van der Waals surface area contributed by atoms with Crippen LogP contribution in [0.1, 0.15) is 43.2 Å². The van der Waals surface area contributed by atoms with Crippen molar-refractivity contribution in [1.82, 2.24) is 5.32 Å². The minimum Gasteiger partial charge on any atom is -0.481 e. The van der Waals surface area contributed by atoms with E-state index in [1.807, 2.05) is 12.1 Å². The number of hydrogen-bond acceptors (Lipinski definition) is 2. The number of carbonyl (C=O) groups excluding carboxylic acids is 1. The molecule has 1 aliphatic carbocycles. The number of carboxylic acids is 1. The third-order valence-electron chi connectivity index (χ3n) is 3.64. The predicted octanol–water partition coefficient (Wildman–Crippen LogP) is 2.82. The molecule has 0 unspecified atom stereocenters. The summed E-state index contributed by atoms with van der Waals surface area (Å²) < 4.78 is 0. The highest BCUT2D eigenvalue weighted by Gasteiger charge is 2.09. The zero-order chi connectivity index (χ0) is 15.1. The lowest BCUT2D eigenvalue weighted by molar-refractivity contribution is -0.136. The van der Waals surface area contributed by atoms with Gasteiger partial charge in [-0.15, -0.1) is 0 Å². The molecule has 0 heterocycles. The number of nitrogens with one attached hydrogen (secondary N) is 1. The lowest BCUT2D eigenvalue weighted by atomic mass is 9.97. The van der Waals surface area contributed by atoms with Crippen molar-refractivity contribution < 1.29 is 14.7 Å². The van der Waals surface area contributed by atoms with E-state index >= 15 is 0 Å². The van der Waals surface area contributed by atoms with E-state index in [4.69, 9.17) is 5.11 Å². The largest absolute Gasteiger partial charge is 0.481 e. The normalized spacial score (nSPS) is 14.4. The number of hydrogen-bond donors (Lipinski definition) is 2. The Kier molecular flexibility index (Phi) is 5.55. The van der Waals surface area contributed by atoms with Gasteiger partial charge in [-0.1, -0.05) is 35.9 Å². The van der Waals surface area contributed by atoms with Crippen molar-refractivity contribution in [2.24, 2.45) is 0 Å². The monoisotopic (exact) mass is 287 g/mol. The third kappa shape index (κ3) is 5.42. The third-order valence-corrected chi connectivity index (χ3v) is 3.64. The maximum Gasteiger partial charge on any atom is 0.307 e. The van der Waals surface area contributed by atoms with Gasteiger partial charge in [0.25, 0.3) is 0 Å². The molecule has 0 bridgehead atoms. The molecule has 112 valence electrons. The van der Waals surface area contributed by atoms with Gasteiger partial charge >= 0.3 is 5.97 Å². The lowest BCUT2D eigenvalue weighted by Gasteiger charge is -2.12. The first-order valence-corrected chi connectivity index (χ1v) is 7.38. The highest BCUT2D eigenvalue weighted by molar-refractivity contribution is 5.78. The number of allylic oxidation sites excluding steroid dienone is 1. The second-order valence-electron chi connectivity index (χ2n) is 5.45. The molecule has 0 spiro atoms. The van der Waals surface area contributed by atoms with Crippen molar-refractivity contribution in [3.05, 3.63) is 47.0 Å². The van der Waals surface area contributed by atoms with Gasteiger partial charge in [0, 0.05) is 13.0 Å². The molecule has 2 rings (SSSR count). The number of carboxylic acid groups (broad SMARTS) is 1. The summed E-state index contributed by atoms with van der Waals surface area (Å²) >= 11 is 0. The van der Waals surface area contributed by atoms with E-state index in [0.717, 1.165) is 24.0 Å². The highest BCUT2D eigenvalue weighted by Crippen LogP contribution is 2.19. The molecule has 0 saturated carbocycles. The van der Waals surface area contributed by atoms with Crippen LogP contribution in [0.3, 0.4) is 0 Å². The van der Waals surface area contributed by atoms with E-state index in [1.54, 1.807) is 12.1 Å². The summed E-state index contributed by atoms with van der Waals surface area (Å²) in [5.41, 5.74) is 3.00. The summed E-state index contributed by atoms with van der Waals surface area (Å²) in [5, 5.41) is 11.6. The molecule has 0 saturated heterocycles. The average molecular weight is 287 g/mol. The van der Waals surface area contributed by atoms with E-state index in [0.29, 0.717) is 13.0 Å². The Morgan fingerprint density at radius 3 is 2.38 bits per heavy atom. The average Bonchev–Trinajstić information content (AvgIpc) is 2.47. The van der Waals surface area contributed by atoms with Crippen LogP contribution in [0.15, 0.2) is 35.9 Å². The van der Waals surface area contributed by atoms with Crippen LogP contribution < -0.4 is 5.32 Å². The summed E-state index contributed by atoms with van der Waals surface area (Å²) in [6, 6.07) is 7.30. The van der Waals surface area contributed by atoms with E-state index in [-0.39, 0.29) is 12.3 Å². The predicted molar refractivity (Wildman–Crippen MR) is 80.8 cm³/mol. The topological polar surface area (TPSA) is 66.4 Å². The molecule has 1 aromatic carbocycles. The summed E-state index contributed by atoms with van der Waals surface area (Å²) in [4.78, 5) is 22.5. The Balaban J connectivity index is 1.78. The zero-order valence-electron chi connectivity index (χ0n) is 12.1. The van der Waals surface area contributed by atoms with Crippen molar-refractivity contribution in [3.8, 4) is 0 Å².